The van der Waals surface area contributed by atoms with Crippen LogP contribution in [-0.4, -0.2) is 71.6 Å². The maximum absolute atomic E-state index is 12.6. The van der Waals surface area contributed by atoms with Crippen LogP contribution >= 0.6 is 11.8 Å². The first-order chi connectivity index (χ1) is 16.5. The summed E-state index contributed by atoms with van der Waals surface area (Å²) in [5, 5.41) is 37.0. The van der Waals surface area contributed by atoms with E-state index in [9.17, 15) is 15.0 Å². The van der Waals surface area contributed by atoms with Gasteiger partial charge in [0.05, 0.1) is 18.1 Å². The molecule has 2 aromatic heterocycles. The molecule has 0 saturated heterocycles. The molecule has 3 aromatic rings. The lowest BCUT2D eigenvalue weighted by Gasteiger charge is -2.17. The number of aliphatic hydroxyl groups is 2. The summed E-state index contributed by atoms with van der Waals surface area (Å²) in [4.78, 5) is 21.8. The normalized spacial score (nSPS) is 30.4. The first kappa shape index (κ1) is 21.8. The molecule has 10 nitrogen and oxygen atoms in total. The van der Waals surface area contributed by atoms with Crippen molar-refractivity contribution in [3.05, 3.63) is 35.9 Å². The van der Waals surface area contributed by atoms with Gasteiger partial charge in [-0.15, -0.1) is 5.10 Å². The number of thioether (sulfide) groups is 1. The Morgan fingerprint density at radius 1 is 1.12 bits per heavy atom. The molecule has 3 saturated carbocycles. The Morgan fingerprint density at radius 3 is 2.65 bits per heavy atom. The van der Waals surface area contributed by atoms with E-state index in [0.717, 1.165) is 19.3 Å². The molecule has 4 N–H and O–H groups in total. The molecule has 0 aliphatic heterocycles. The third-order valence-corrected chi connectivity index (χ3v) is 7.60. The number of anilines is 1. The van der Waals surface area contributed by atoms with Crippen molar-refractivity contribution in [2.75, 3.05) is 11.6 Å². The van der Waals surface area contributed by atoms with Crippen LogP contribution in [0.4, 0.5) is 5.82 Å². The van der Waals surface area contributed by atoms with Crippen LogP contribution in [0.1, 0.15) is 43.2 Å². The molecule has 0 spiro atoms. The van der Waals surface area contributed by atoms with Crippen LogP contribution in [0, 0.1) is 5.92 Å². The van der Waals surface area contributed by atoms with Gasteiger partial charge < -0.3 is 20.8 Å². The summed E-state index contributed by atoms with van der Waals surface area (Å²) in [5.41, 5.74) is 2.29. The highest BCUT2D eigenvalue weighted by Gasteiger charge is 2.48. The molecule has 178 valence electrons. The van der Waals surface area contributed by atoms with Crippen molar-refractivity contribution in [2.24, 2.45) is 5.92 Å². The Morgan fingerprint density at radius 2 is 1.91 bits per heavy atom. The molecule has 34 heavy (non-hydrogen) atoms. The average molecular weight is 482 g/mol. The quantitative estimate of drug-likeness (QED) is 0.292. The van der Waals surface area contributed by atoms with Gasteiger partial charge in [-0.25, -0.2) is 14.6 Å². The van der Waals surface area contributed by atoms with Crippen LogP contribution in [-0.2, 0) is 4.79 Å². The maximum Gasteiger partial charge on any atom is 0.226 e. The summed E-state index contributed by atoms with van der Waals surface area (Å²) in [5.74, 6) is 0.109. The number of hydrogen-bond acceptors (Lipinski definition) is 9. The number of aliphatic hydroxyl groups excluding tert-OH is 2. The van der Waals surface area contributed by atoms with Gasteiger partial charge in [-0.1, -0.05) is 47.3 Å². The van der Waals surface area contributed by atoms with Gasteiger partial charge in [-0.3, -0.25) is 4.79 Å². The summed E-state index contributed by atoms with van der Waals surface area (Å²) in [6, 6.07) is 10.2. The zero-order valence-corrected chi connectivity index (χ0v) is 19.5. The molecule has 6 rings (SSSR count). The Labute approximate surface area is 200 Å². The number of carbonyl (C=O) groups excluding carboxylic acids is 1. The minimum absolute atomic E-state index is 0.190. The van der Waals surface area contributed by atoms with Crippen molar-refractivity contribution in [1.82, 2.24) is 30.3 Å². The van der Waals surface area contributed by atoms with Gasteiger partial charge in [-0.05, 0) is 37.5 Å². The Bertz CT molecular complexity index is 1220. The van der Waals surface area contributed by atoms with Crippen molar-refractivity contribution < 1.29 is 15.0 Å². The summed E-state index contributed by atoms with van der Waals surface area (Å²) in [6.07, 6.45) is 2.78. The Balaban J connectivity index is 1.27. The minimum Gasteiger partial charge on any atom is -0.390 e. The maximum atomic E-state index is 12.6. The van der Waals surface area contributed by atoms with Crippen molar-refractivity contribution in [1.29, 1.82) is 0 Å². The van der Waals surface area contributed by atoms with E-state index < -0.39 is 24.2 Å². The number of nitrogens with zero attached hydrogens (tertiary/aromatic N) is 5. The first-order valence-corrected chi connectivity index (χ1v) is 12.9. The lowest BCUT2D eigenvalue weighted by molar-refractivity contribution is -0.129. The molecule has 6 unspecified atom stereocenters. The molecule has 3 aliphatic rings. The number of benzene rings is 1. The Hall–Kier alpha value is -2.76. The van der Waals surface area contributed by atoms with E-state index in [1.165, 1.54) is 17.3 Å². The van der Waals surface area contributed by atoms with Crippen molar-refractivity contribution in [3.63, 3.8) is 0 Å². The fourth-order valence-electron chi connectivity index (χ4n) is 4.87. The predicted molar refractivity (Wildman–Crippen MR) is 126 cm³/mol. The van der Waals surface area contributed by atoms with Gasteiger partial charge in [0.1, 0.15) is 6.10 Å². The lowest BCUT2D eigenvalue weighted by atomic mass is 10.0. The molecule has 0 radical (unpaired) electrons. The smallest absolute Gasteiger partial charge is 0.226 e. The predicted octanol–water partition coefficient (Wildman–Crippen LogP) is 1.47. The summed E-state index contributed by atoms with van der Waals surface area (Å²) in [7, 11) is 0. The number of amides is 1. The van der Waals surface area contributed by atoms with Crippen LogP contribution < -0.4 is 10.6 Å². The van der Waals surface area contributed by atoms with Crippen molar-refractivity contribution in [3.8, 4) is 0 Å². The largest absolute Gasteiger partial charge is 0.390 e. The molecule has 2 heterocycles. The van der Waals surface area contributed by atoms with E-state index in [1.807, 2.05) is 24.5 Å². The average Bonchev–Trinajstić information content (AvgIpc) is 3.76. The van der Waals surface area contributed by atoms with E-state index in [2.05, 4.69) is 43.0 Å². The first-order valence-electron chi connectivity index (χ1n) is 11.7. The van der Waals surface area contributed by atoms with Crippen molar-refractivity contribution >= 4 is 34.7 Å². The van der Waals surface area contributed by atoms with E-state index in [0.29, 0.717) is 28.1 Å². The Kier molecular flexibility index (Phi) is 5.42. The van der Waals surface area contributed by atoms with Gasteiger partial charge >= 0.3 is 0 Å². The highest BCUT2D eigenvalue weighted by molar-refractivity contribution is 7.98. The van der Waals surface area contributed by atoms with Gasteiger partial charge in [0.25, 0.3) is 0 Å². The van der Waals surface area contributed by atoms with E-state index in [1.54, 1.807) is 4.68 Å². The van der Waals surface area contributed by atoms with Crippen LogP contribution in [0.2, 0.25) is 0 Å². The number of carbonyl (C=O) groups is 1. The van der Waals surface area contributed by atoms with Gasteiger partial charge in [0, 0.05) is 18.0 Å². The topological polar surface area (TPSA) is 138 Å². The van der Waals surface area contributed by atoms with Crippen molar-refractivity contribution in [2.45, 2.75) is 67.1 Å². The second-order valence-corrected chi connectivity index (χ2v) is 10.2. The summed E-state index contributed by atoms with van der Waals surface area (Å²) >= 11 is 1.41. The molecule has 0 bridgehead atoms. The van der Waals surface area contributed by atoms with E-state index >= 15 is 0 Å². The van der Waals surface area contributed by atoms with E-state index in [-0.39, 0.29) is 24.4 Å². The molecule has 3 aliphatic carbocycles. The standard InChI is InChI=1S/C23H27N7O3S/c1-34-23-26-20(25-15-9-13(15)11-5-3-2-4-6-11)17-21(27-23)30(29-28-17)16-10-14(18(31)19(16)32)22(33)24-12-7-8-12/h2-6,12-16,18-19,31-32H,7-10H2,1H3,(H,24,33)(H,25,26,27). The number of nitrogens with one attached hydrogen (secondary N) is 2. The van der Waals surface area contributed by atoms with Crippen LogP contribution in [0.15, 0.2) is 35.5 Å². The third kappa shape index (κ3) is 3.91. The fraction of sp³-hybridized carbons (Fsp3) is 0.522. The molecular weight excluding hydrogens is 454 g/mol. The number of hydrogen-bond donors (Lipinski definition) is 4. The second kappa shape index (κ2) is 8.47. The number of fused-ring (bicyclic) bond motifs is 1. The van der Waals surface area contributed by atoms with Gasteiger partial charge in [0.2, 0.25) is 5.91 Å². The van der Waals surface area contributed by atoms with Gasteiger partial charge in [0.15, 0.2) is 22.1 Å². The fourth-order valence-corrected chi connectivity index (χ4v) is 5.23. The zero-order valence-electron chi connectivity index (χ0n) is 18.7. The lowest BCUT2D eigenvalue weighted by Crippen LogP contribution is -2.39. The molecular formula is C23H27N7O3S. The zero-order chi connectivity index (χ0) is 23.4. The summed E-state index contributed by atoms with van der Waals surface area (Å²) in [6.45, 7) is 0. The highest BCUT2D eigenvalue weighted by atomic mass is 32.2. The second-order valence-electron chi connectivity index (χ2n) is 9.44. The number of rotatable bonds is 7. The molecule has 1 amide bonds. The van der Waals surface area contributed by atoms with E-state index in [4.69, 9.17) is 0 Å². The van der Waals surface area contributed by atoms with Gasteiger partial charge in [-0.2, -0.15) is 0 Å². The molecule has 3 fully saturated rings. The molecule has 6 atom stereocenters. The monoisotopic (exact) mass is 481 g/mol. The highest BCUT2D eigenvalue weighted by Crippen LogP contribution is 2.43. The minimum atomic E-state index is -1.17. The SMILES string of the molecule is CSc1nc(NC2CC2c2ccccc2)c2nnn(C3CC(C(=O)NC4CC4)C(O)C3O)c2n1. The molecule has 11 heteroatoms. The van der Waals surface area contributed by atoms with Crippen LogP contribution in [0.5, 0.6) is 0 Å². The van der Waals surface area contributed by atoms with Crippen LogP contribution in [0.25, 0.3) is 11.2 Å². The van der Waals surface area contributed by atoms with Crippen LogP contribution in [0.3, 0.4) is 0 Å². The number of aromatic nitrogens is 5. The molecule has 1 aromatic carbocycles. The third-order valence-electron chi connectivity index (χ3n) is 7.05. The summed E-state index contributed by atoms with van der Waals surface area (Å²) < 4.78 is 1.54.